The highest BCUT2D eigenvalue weighted by molar-refractivity contribution is 7.92. The van der Waals surface area contributed by atoms with E-state index in [4.69, 9.17) is 11.6 Å². The van der Waals surface area contributed by atoms with Crippen molar-refractivity contribution in [2.75, 3.05) is 17.4 Å². The van der Waals surface area contributed by atoms with Crippen LogP contribution in [0.2, 0.25) is 5.02 Å². The Balaban J connectivity index is 2.46. The van der Waals surface area contributed by atoms with E-state index in [2.05, 4.69) is 11.9 Å². The van der Waals surface area contributed by atoms with Gasteiger partial charge < -0.3 is 5.32 Å². The van der Waals surface area contributed by atoms with E-state index >= 15 is 0 Å². The summed E-state index contributed by atoms with van der Waals surface area (Å²) in [6.07, 6.45) is 1.52. The van der Waals surface area contributed by atoms with Gasteiger partial charge in [0.2, 0.25) is 5.91 Å². The number of hydrogen-bond donors (Lipinski definition) is 1. The number of nitrogens with zero attached hydrogens (tertiary/aromatic N) is 1. The highest BCUT2D eigenvalue weighted by Gasteiger charge is 2.28. The normalized spacial score (nSPS) is 11.0. The van der Waals surface area contributed by atoms with Gasteiger partial charge in [-0.3, -0.25) is 9.10 Å². The fourth-order valence-electron chi connectivity index (χ4n) is 2.16. The number of carbonyl (C=O) groups excluding carboxylic acids is 1. The maximum absolute atomic E-state index is 13.1. The molecule has 7 heteroatoms. The van der Waals surface area contributed by atoms with Gasteiger partial charge in [-0.2, -0.15) is 0 Å². The van der Waals surface area contributed by atoms with Crippen LogP contribution in [0.3, 0.4) is 0 Å². The first-order valence-corrected chi connectivity index (χ1v) is 9.39. The minimum atomic E-state index is -3.95. The largest absolute Gasteiger partial charge is 0.351 e. The molecule has 0 saturated carbocycles. The van der Waals surface area contributed by atoms with Gasteiger partial charge in [0.1, 0.15) is 6.54 Å². The summed E-state index contributed by atoms with van der Waals surface area (Å²) in [5.74, 6) is -0.449. The monoisotopic (exact) mass is 378 g/mol. The second kappa shape index (κ2) is 8.18. The third-order valence-corrected chi connectivity index (χ3v) is 5.55. The molecule has 0 radical (unpaired) electrons. The van der Waals surface area contributed by atoms with Crippen LogP contribution in [0.5, 0.6) is 0 Å². The van der Waals surface area contributed by atoms with Gasteiger partial charge in [-0.05, 0) is 31.2 Å². The van der Waals surface area contributed by atoms with Crippen molar-refractivity contribution in [2.24, 2.45) is 0 Å². The van der Waals surface area contributed by atoms with Crippen LogP contribution in [0.1, 0.15) is 5.56 Å². The minimum Gasteiger partial charge on any atom is -0.351 e. The lowest BCUT2D eigenvalue weighted by Crippen LogP contribution is -2.41. The number of halogens is 1. The van der Waals surface area contributed by atoms with Gasteiger partial charge in [0.15, 0.2) is 0 Å². The average molecular weight is 379 g/mol. The van der Waals surface area contributed by atoms with Crippen molar-refractivity contribution >= 4 is 33.2 Å². The lowest BCUT2D eigenvalue weighted by atomic mass is 10.2. The first-order valence-electron chi connectivity index (χ1n) is 7.58. The number of nitrogens with one attached hydrogen (secondary N) is 1. The predicted molar refractivity (Wildman–Crippen MR) is 100 cm³/mol. The Bertz CT molecular complexity index is 864. The number of sulfonamides is 1. The number of aryl methyl sites for hydroxylation is 1. The molecule has 132 valence electrons. The SMILES string of the molecule is C=CCNC(=O)CN(c1ccccc1Cl)S(=O)(=O)c1ccc(C)cc1. The van der Waals surface area contributed by atoms with Crippen LogP contribution in [-0.4, -0.2) is 27.4 Å². The molecule has 0 aromatic heterocycles. The molecule has 0 aliphatic heterocycles. The topological polar surface area (TPSA) is 66.5 Å². The summed E-state index contributed by atoms with van der Waals surface area (Å²) in [5.41, 5.74) is 1.19. The third kappa shape index (κ3) is 4.61. The zero-order valence-electron chi connectivity index (χ0n) is 13.8. The zero-order valence-corrected chi connectivity index (χ0v) is 15.3. The molecular weight excluding hydrogens is 360 g/mol. The predicted octanol–water partition coefficient (Wildman–Crippen LogP) is 3.15. The number of carbonyl (C=O) groups is 1. The van der Waals surface area contributed by atoms with Crippen molar-refractivity contribution in [2.45, 2.75) is 11.8 Å². The summed E-state index contributed by atoms with van der Waals surface area (Å²) >= 11 is 6.17. The third-order valence-electron chi connectivity index (χ3n) is 3.46. The van der Waals surface area contributed by atoms with Crippen LogP contribution in [0.15, 0.2) is 66.1 Å². The molecule has 0 aliphatic rings. The number of benzene rings is 2. The zero-order chi connectivity index (χ0) is 18.4. The van der Waals surface area contributed by atoms with Crippen molar-refractivity contribution in [1.29, 1.82) is 0 Å². The Morgan fingerprint density at radius 3 is 2.44 bits per heavy atom. The molecular formula is C18H19ClN2O3S. The number of para-hydroxylation sites is 1. The van der Waals surface area contributed by atoms with E-state index in [1.54, 1.807) is 36.4 Å². The Hall–Kier alpha value is -2.31. The summed E-state index contributed by atoms with van der Waals surface area (Å²) in [4.78, 5) is 12.2. The number of amides is 1. The minimum absolute atomic E-state index is 0.0922. The summed E-state index contributed by atoms with van der Waals surface area (Å²) in [6, 6.07) is 12.9. The van der Waals surface area contributed by atoms with E-state index in [9.17, 15) is 13.2 Å². The molecule has 0 atom stereocenters. The fraction of sp³-hybridized carbons (Fsp3) is 0.167. The van der Waals surface area contributed by atoms with Gasteiger partial charge in [-0.1, -0.05) is 47.5 Å². The molecule has 2 aromatic carbocycles. The molecule has 0 fully saturated rings. The van der Waals surface area contributed by atoms with Gasteiger partial charge in [-0.15, -0.1) is 6.58 Å². The molecule has 0 heterocycles. The summed E-state index contributed by atoms with van der Waals surface area (Å²) < 4.78 is 27.2. The van der Waals surface area contributed by atoms with E-state index in [1.165, 1.54) is 18.2 Å². The van der Waals surface area contributed by atoms with Crippen molar-refractivity contribution < 1.29 is 13.2 Å². The Kier molecular flexibility index (Phi) is 6.22. The van der Waals surface area contributed by atoms with E-state index in [0.717, 1.165) is 9.87 Å². The smallest absolute Gasteiger partial charge is 0.264 e. The molecule has 1 N–H and O–H groups in total. The standard InChI is InChI=1S/C18H19ClN2O3S/c1-3-12-20-18(22)13-21(17-7-5-4-6-16(17)19)25(23,24)15-10-8-14(2)9-11-15/h3-11H,1,12-13H2,2H3,(H,20,22). The van der Waals surface area contributed by atoms with E-state index < -0.39 is 15.9 Å². The van der Waals surface area contributed by atoms with E-state index in [0.29, 0.717) is 0 Å². The quantitative estimate of drug-likeness (QED) is 0.752. The Morgan fingerprint density at radius 2 is 1.84 bits per heavy atom. The lowest BCUT2D eigenvalue weighted by molar-refractivity contribution is -0.119. The second-order valence-corrected chi connectivity index (χ2v) is 7.64. The van der Waals surface area contributed by atoms with Crippen LogP contribution >= 0.6 is 11.6 Å². The first kappa shape index (κ1) is 19.0. The fourth-order valence-corrected chi connectivity index (χ4v) is 3.89. The van der Waals surface area contributed by atoms with Crippen LogP contribution in [0, 0.1) is 6.92 Å². The molecule has 0 bridgehead atoms. The summed E-state index contributed by atoms with van der Waals surface area (Å²) in [6.45, 7) is 5.26. The maximum Gasteiger partial charge on any atom is 0.264 e. The van der Waals surface area contributed by atoms with Gasteiger partial charge in [-0.25, -0.2) is 8.42 Å². The van der Waals surface area contributed by atoms with Crippen molar-refractivity contribution in [3.63, 3.8) is 0 Å². The van der Waals surface area contributed by atoms with Gasteiger partial charge in [0, 0.05) is 6.54 Å². The first-order chi connectivity index (χ1) is 11.9. The average Bonchev–Trinajstić information content (AvgIpc) is 2.59. The number of rotatable bonds is 7. The highest BCUT2D eigenvalue weighted by Crippen LogP contribution is 2.30. The van der Waals surface area contributed by atoms with Crippen molar-refractivity contribution in [3.8, 4) is 0 Å². The highest BCUT2D eigenvalue weighted by atomic mass is 35.5. The molecule has 0 unspecified atom stereocenters. The van der Waals surface area contributed by atoms with Crippen LogP contribution in [0.4, 0.5) is 5.69 Å². The Labute approximate surface area is 153 Å². The van der Waals surface area contributed by atoms with Crippen LogP contribution in [-0.2, 0) is 14.8 Å². The molecule has 0 aliphatic carbocycles. The van der Waals surface area contributed by atoms with Crippen molar-refractivity contribution in [1.82, 2.24) is 5.32 Å². The molecule has 0 spiro atoms. The van der Waals surface area contributed by atoms with Crippen LogP contribution < -0.4 is 9.62 Å². The van der Waals surface area contributed by atoms with E-state index in [-0.39, 0.29) is 28.7 Å². The number of anilines is 1. The molecule has 2 aromatic rings. The van der Waals surface area contributed by atoms with E-state index in [1.807, 2.05) is 6.92 Å². The van der Waals surface area contributed by atoms with Crippen LogP contribution in [0.25, 0.3) is 0 Å². The van der Waals surface area contributed by atoms with Gasteiger partial charge in [0.25, 0.3) is 10.0 Å². The van der Waals surface area contributed by atoms with Gasteiger partial charge in [0.05, 0.1) is 15.6 Å². The summed E-state index contributed by atoms with van der Waals surface area (Å²) in [5, 5.41) is 2.82. The second-order valence-electron chi connectivity index (χ2n) is 5.37. The van der Waals surface area contributed by atoms with Crippen molar-refractivity contribution in [3.05, 3.63) is 71.8 Å². The Morgan fingerprint density at radius 1 is 1.20 bits per heavy atom. The molecule has 25 heavy (non-hydrogen) atoms. The lowest BCUT2D eigenvalue weighted by Gasteiger charge is -2.25. The molecule has 5 nitrogen and oxygen atoms in total. The summed E-state index contributed by atoms with van der Waals surface area (Å²) in [7, 11) is -3.95. The molecule has 1 amide bonds. The maximum atomic E-state index is 13.1. The molecule has 0 saturated heterocycles. The van der Waals surface area contributed by atoms with Gasteiger partial charge >= 0.3 is 0 Å². The number of hydrogen-bond acceptors (Lipinski definition) is 3. The molecule has 2 rings (SSSR count).